The van der Waals surface area contributed by atoms with Gasteiger partial charge in [-0.25, -0.2) is 0 Å². The molecule has 2 aromatic rings. The minimum absolute atomic E-state index is 0.0298. The average molecular weight is 443 g/mol. The van der Waals surface area contributed by atoms with Crippen LogP contribution in [0.5, 0.6) is 5.75 Å². The number of nitrogens with zero attached hydrogens (tertiary/aromatic N) is 2. The van der Waals surface area contributed by atoms with E-state index in [0.717, 1.165) is 37.2 Å². The van der Waals surface area contributed by atoms with Crippen LogP contribution in [0, 0.1) is 6.92 Å². The first-order valence-electron chi connectivity index (χ1n) is 10.9. The number of hydrogen-bond donors (Lipinski definition) is 0. The van der Waals surface area contributed by atoms with Crippen LogP contribution in [0.2, 0.25) is 0 Å². The number of benzene rings is 1. The zero-order valence-corrected chi connectivity index (χ0v) is 19.0. The average Bonchev–Trinajstić information content (AvgIpc) is 3.44. The molecule has 2 atom stereocenters. The van der Waals surface area contributed by atoms with E-state index < -0.39 is 0 Å². The summed E-state index contributed by atoms with van der Waals surface area (Å²) in [5, 5.41) is 2.08. The van der Waals surface area contributed by atoms with Crippen LogP contribution in [-0.2, 0) is 20.7 Å². The van der Waals surface area contributed by atoms with Crippen LogP contribution in [0.4, 0.5) is 0 Å². The van der Waals surface area contributed by atoms with E-state index in [-0.39, 0.29) is 30.5 Å². The van der Waals surface area contributed by atoms with Crippen molar-refractivity contribution in [2.45, 2.75) is 45.3 Å². The van der Waals surface area contributed by atoms with Gasteiger partial charge in [-0.3, -0.25) is 9.59 Å². The van der Waals surface area contributed by atoms with Crippen molar-refractivity contribution in [3.63, 3.8) is 0 Å². The molecule has 3 heterocycles. The SMILES string of the molecule is CC(=O)N(CC(=O)N1CCc2sccc2[C@@H]1COc1ccc(C)cc1)C[C@H]1CCCO1. The molecular formula is C24H30N2O4S. The molecule has 1 aromatic carbocycles. The Morgan fingerprint density at radius 1 is 1.26 bits per heavy atom. The highest BCUT2D eigenvalue weighted by Gasteiger charge is 2.33. The van der Waals surface area contributed by atoms with Gasteiger partial charge in [0.1, 0.15) is 12.4 Å². The Bertz CT molecular complexity index is 905. The molecule has 0 bridgehead atoms. The van der Waals surface area contributed by atoms with Crippen LogP contribution in [0.25, 0.3) is 0 Å². The number of fused-ring (bicyclic) bond motifs is 1. The van der Waals surface area contributed by atoms with Gasteiger partial charge in [0.05, 0.1) is 18.7 Å². The van der Waals surface area contributed by atoms with Crippen molar-refractivity contribution in [3.05, 3.63) is 51.7 Å². The van der Waals surface area contributed by atoms with Gasteiger partial charge < -0.3 is 19.3 Å². The van der Waals surface area contributed by atoms with Gasteiger partial charge in [-0.15, -0.1) is 11.3 Å². The molecule has 0 N–H and O–H groups in total. The van der Waals surface area contributed by atoms with Gasteiger partial charge in [0.25, 0.3) is 0 Å². The minimum atomic E-state index is -0.152. The van der Waals surface area contributed by atoms with Gasteiger partial charge in [0.2, 0.25) is 11.8 Å². The van der Waals surface area contributed by atoms with E-state index in [1.807, 2.05) is 36.1 Å². The number of aryl methyl sites for hydroxylation is 1. The lowest BCUT2D eigenvalue weighted by Crippen LogP contribution is -2.48. The first kappa shape index (κ1) is 21.8. The number of carbonyl (C=O) groups excluding carboxylic acids is 2. The maximum Gasteiger partial charge on any atom is 0.242 e. The molecule has 0 radical (unpaired) electrons. The zero-order chi connectivity index (χ0) is 21.8. The molecule has 2 aliphatic rings. The summed E-state index contributed by atoms with van der Waals surface area (Å²) in [7, 11) is 0. The largest absolute Gasteiger partial charge is 0.491 e. The number of rotatable bonds is 7. The summed E-state index contributed by atoms with van der Waals surface area (Å²) in [5.74, 6) is 0.663. The molecule has 1 aromatic heterocycles. The highest BCUT2D eigenvalue weighted by molar-refractivity contribution is 7.10. The molecule has 7 heteroatoms. The second-order valence-corrected chi connectivity index (χ2v) is 9.31. The maximum atomic E-state index is 13.3. The van der Waals surface area contributed by atoms with E-state index in [1.165, 1.54) is 17.4 Å². The number of thiophene rings is 1. The highest BCUT2D eigenvalue weighted by Crippen LogP contribution is 2.34. The molecule has 0 unspecified atom stereocenters. The van der Waals surface area contributed by atoms with E-state index in [2.05, 4.69) is 11.4 Å². The van der Waals surface area contributed by atoms with Crippen LogP contribution in [0.1, 0.15) is 41.8 Å². The van der Waals surface area contributed by atoms with Crippen molar-refractivity contribution in [2.24, 2.45) is 0 Å². The molecule has 1 fully saturated rings. The second-order valence-electron chi connectivity index (χ2n) is 8.31. The fourth-order valence-corrected chi connectivity index (χ4v) is 5.21. The number of carbonyl (C=O) groups is 2. The van der Waals surface area contributed by atoms with Crippen molar-refractivity contribution in [3.8, 4) is 5.75 Å². The first-order chi connectivity index (χ1) is 15.0. The number of amides is 2. The minimum Gasteiger partial charge on any atom is -0.491 e. The summed E-state index contributed by atoms with van der Waals surface area (Å²) in [6, 6.07) is 9.89. The van der Waals surface area contributed by atoms with E-state index in [4.69, 9.17) is 9.47 Å². The summed E-state index contributed by atoms with van der Waals surface area (Å²) in [4.78, 5) is 30.3. The van der Waals surface area contributed by atoms with E-state index >= 15 is 0 Å². The predicted octanol–water partition coefficient (Wildman–Crippen LogP) is 3.59. The Kier molecular flexibility index (Phi) is 6.92. The quantitative estimate of drug-likeness (QED) is 0.658. The van der Waals surface area contributed by atoms with Crippen LogP contribution in [-0.4, -0.2) is 60.6 Å². The Morgan fingerprint density at radius 2 is 2.06 bits per heavy atom. The topological polar surface area (TPSA) is 59.1 Å². The Hall–Kier alpha value is -2.38. The van der Waals surface area contributed by atoms with Crippen LogP contribution in [0.3, 0.4) is 0 Å². The third-order valence-corrected chi connectivity index (χ3v) is 7.06. The van der Waals surface area contributed by atoms with Crippen molar-refractivity contribution in [2.75, 3.05) is 32.8 Å². The molecule has 0 saturated carbocycles. The third kappa shape index (κ3) is 5.28. The monoisotopic (exact) mass is 442 g/mol. The van der Waals surface area contributed by atoms with Gasteiger partial charge in [-0.05, 0) is 55.3 Å². The van der Waals surface area contributed by atoms with E-state index in [9.17, 15) is 9.59 Å². The summed E-state index contributed by atoms with van der Waals surface area (Å²) in [5.41, 5.74) is 2.34. The molecular weight excluding hydrogens is 412 g/mol. The van der Waals surface area contributed by atoms with E-state index in [1.54, 1.807) is 16.2 Å². The second kappa shape index (κ2) is 9.83. The molecule has 0 aliphatic carbocycles. The van der Waals surface area contributed by atoms with Crippen molar-refractivity contribution < 1.29 is 19.1 Å². The lowest BCUT2D eigenvalue weighted by atomic mass is 10.0. The number of ether oxygens (including phenoxy) is 2. The summed E-state index contributed by atoms with van der Waals surface area (Å²) < 4.78 is 11.8. The van der Waals surface area contributed by atoms with Crippen LogP contribution in [0.15, 0.2) is 35.7 Å². The van der Waals surface area contributed by atoms with Crippen LogP contribution >= 0.6 is 11.3 Å². The molecule has 2 amide bonds. The van der Waals surface area contributed by atoms with Gasteiger partial charge in [0.15, 0.2) is 0 Å². The Morgan fingerprint density at radius 3 is 2.77 bits per heavy atom. The molecule has 166 valence electrons. The summed E-state index contributed by atoms with van der Waals surface area (Å²) >= 11 is 1.73. The normalized spacial score (nSPS) is 20.4. The van der Waals surface area contributed by atoms with Crippen molar-refractivity contribution in [1.29, 1.82) is 0 Å². The van der Waals surface area contributed by atoms with Gasteiger partial charge in [0, 0.05) is 31.5 Å². The molecule has 4 rings (SSSR count). The zero-order valence-electron chi connectivity index (χ0n) is 18.2. The molecule has 0 spiro atoms. The van der Waals surface area contributed by atoms with Gasteiger partial charge in [-0.2, -0.15) is 0 Å². The first-order valence-corrected chi connectivity index (χ1v) is 11.8. The Balaban J connectivity index is 1.46. The Labute approximate surface area is 187 Å². The smallest absolute Gasteiger partial charge is 0.242 e. The summed E-state index contributed by atoms with van der Waals surface area (Å²) in [6.07, 6.45) is 2.82. The van der Waals surface area contributed by atoms with Gasteiger partial charge >= 0.3 is 0 Å². The van der Waals surface area contributed by atoms with Gasteiger partial charge in [-0.1, -0.05) is 17.7 Å². The molecule has 6 nitrogen and oxygen atoms in total. The lowest BCUT2D eigenvalue weighted by molar-refractivity contribution is -0.142. The molecule has 1 saturated heterocycles. The fourth-order valence-electron chi connectivity index (χ4n) is 4.28. The fraction of sp³-hybridized carbons (Fsp3) is 0.500. The highest BCUT2D eigenvalue weighted by atomic mass is 32.1. The molecule has 2 aliphatic heterocycles. The third-order valence-electron chi connectivity index (χ3n) is 6.06. The van der Waals surface area contributed by atoms with Crippen LogP contribution < -0.4 is 4.74 Å². The lowest BCUT2D eigenvalue weighted by Gasteiger charge is -2.37. The predicted molar refractivity (Wildman–Crippen MR) is 120 cm³/mol. The molecule has 31 heavy (non-hydrogen) atoms. The van der Waals surface area contributed by atoms with E-state index in [0.29, 0.717) is 19.7 Å². The maximum absolute atomic E-state index is 13.3. The van der Waals surface area contributed by atoms with Crippen molar-refractivity contribution >= 4 is 23.2 Å². The summed E-state index contributed by atoms with van der Waals surface area (Å²) in [6.45, 7) is 5.88. The van der Waals surface area contributed by atoms with Crippen molar-refractivity contribution in [1.82, 2.24) is 9.80 Å². The number of hydrogen-bond acceptors (Lipinski definition) is 5. The standard InChI is InChI=1S/C24H30N2O4S/c1-17-5-7-19(8-6-17)30-16-22-21-10-13-31-23(21)9-11-26(22)24(28)15-25(18(2)27)14-20-4-3-12-29-20/h5-8,10,13,20,22H,3-4,9,11-12,14-16H2,1-2H3/t20-,22+/m1/s1.